The molecular weight excluding hydrogens is 572 g/mol. The van der Waals surface area contributed by atoms with Gasteiger partial charge in [0.05, 0.1) is 5.57 Å². The molecule has 1 aliphatic heterocycles. The van der Waals surface area contributed by atoms with E-state index < -0.39 is 28.6 Å². The molecule has 0 spiro atoms. The molecule has 0 bridgehead atoms. The summed E-state index contributed by atoms with van der Waals surface area (Å²) in [5.74, 6) is 0. The molecule has 1 aromatic rings. The zero-order valence-corrected chi connectivity index (χ0v) is 21.8. The Balaban J connectivity index is 2.19. The number of nitriles is 1. The fraction of sp³-hybridized carbons (Fsp3) is 0.294. The van der Waals surface area contributed by atoms with Gasteiger partial charge < -0.3 is 0 Å². The summed E-state index contributed by atoms with van der Waals surface area (Å²) in [4.78, 5) is 0.624. The van der Waals surface area contributed by atoms with Crippen LogP contribution in [0, 0.1) is 18.3 Å². The summed E-state index contributed by atoms with van der Waals surface area (Å²) < 4.78 is 23.9. The summed E-state index contributed by atoms with van der Waals surface area (Å²) in [6.07, 6.45) is 3.23. The van der Waals surface area contributed by atoms with Crippen molar-refractivity contribution in [3.63, 3.8) is 0 Å². The van der Waals surface area contributed by atoms with Crippen molar-refractivity contribution in [2.45, 2.75) is 14.5 Å². The second kappa shape index (κ2) is 11.4. The van der Waals surface area contributed by atoms with Crippen molar-refractivity contribution >= 4 is 99.8 Å². The van der Waals surface area contributed by atoms with E-state index in [-0.39, 0.29) is 5.04 Å². The molecule has 0 amide bonds. The van der Waals surface area contributed by atoms with Crippen LogP contribution in [0.1, 0.15) is 11.1 Å². The van der Waals surface area contributed by atoms with Gasteiger partial charge in [-0.1, -0.05) is 111 Å². The van der Waals surface area contributed by atoms with Gasteiger partial charge in [-0.25, -0.2) is 4.57 Å². The SMILES string of the molecule is Cc1ccccc1C(C#N)=C1C=CC(=NOP(=O)(OCC(Cl)(Cl)Cl)OCC(Cl)(Cl)Cl)S1. The molecule has 0 saturated heterocycles. The number of hydrogen-bond acceptors (Lipinski definition) is 7. The summed E-state index contributed by atoms with van der Waals surface area (Å²) in [6.45, 7) is 0.619. The summed E-state index contributed by atoms with van der Waals surface area (Å²) >= 11 is 34.7. The number of nitrogens with zero attached hydrogens (tertiary/aromatic N) is 2. The molecule has 31 heavy (non-hydrogen) atoms. The molecule has 0 saturated carbocycles. The van der Waals surface area contributed by atoms with E-state index in [1.807, 2.05) is 31.2 Å². The van der Waals surface area contributed by atoms with Gasteiger partial charge in [0, 0.05) is 4.91 Å². The number of thioether (sulfide) groups is 1. The molecule has 168 valence electrons. The Morgan fingerprint density at radius 1 is 1.10 bits per heavy atom. The first-order valence-corrected chi connectivity index (χ1v) is 12.7. The summed E-state index contributed by atoms with van der Waals surface area (Å²) in [7, 11) is -4.40. The van der Waals surface area contributed by atoms with Crippen molar-refractivity contribution in [1.82, 2.24) is 0 Å². The van der Waals surface area contributed by atoms with Gasteiger partial charge >= 0.3 is 7.82 Å². The van der Waals surface area contributed by atoms with Gasteiger partial charge in [0.1, 0.15) is 24.3 Å². The van der Waals surface area contributed by atoms with E-state index in [1.165, 1.54) is 0 Å². The Bertz CT molecular complexity index is 976. The lowest BCUT2D eigenvalue weighted by Gasteiger charge is -2.19. The second-order valence-electron chi connectivity index (χ2n) is 5.84. The van der Waals surface area contributed by atoms with Gasteiger partial charge in [0.15, 0.2) is 0 Å². The van der Waals surface area contributed by atoms with Crippen molar-refractivity contribution in [2.24, 2.45) is 5.16 Å². The van der Waals surface area contributed by atoms with E-state index in [9.17, 15) is 9.83 Å². The van der Waals surface area contributed by atoms with E-state index >= 15 is 0 Å². The van der Waals surface area contributed by atoms with Crippen LogP contribution < -0.4 is 0 Å². The number of benzene rings is 1. The topological polar surface area (TPSA) is 80.9 Å². The fourth-order valence-corrected chi connectivity index (χ4v) is 4.82. The summed E-state index contributed by atoms with van der Waals surface area (Å²) in [5.41, 5.74) is 2.17. The quantitative estimate of drug-likeness (QED) is 0.141. The molecule has 1 aliphatic rings. The average Bonchev–Trinajstić information content (AvgIpc) is 3.13. The number of rotatable bonds is 7. The molecule has 6 nitrogen and oxygen atoms in total. The number of phosphoric ester groups is 1. The van der Waals surface area contributed by atoms with Gasteiger partial charge in [-0.2, -0.15) is 5.26 Å². The molecule has 0 aliphatic carbocycles. The highest BCUT2D eigenvalue weighted by Crippen LogP contribution is 2.53. The molecule has 0 unspecified atom stereocenters. The molecule has 0 atom stereocenters. The first-order chi connectivity index (χ1) is 14.3. The van der Waals surface area contributed by atoms with Crippen LogP contribution in [0.2, 0.25) is 0 Å². The van der Waals surface area contributed by atoms with Gasteiger partial charge in [-0.05, 0) is 30.2 Å². The number of aryl methyl sites for hydroxylation is 1. The number of alkyl halides is 6. The van der Waals surface area contributed by atoms with Crippen LogP contribution in [0.3, 0.4) is 0 Å². The third-order valence-electron chi connectivity index (χ3n) is 3.37. The zero-order chi connectivity index (χ0) is 23.3. The van der Waals surface area contributed by atoms with Crippen LogP contribution in [0.15, 0.2) is 46.5 Å². The third kappa shape index (κ3) is 9.35. The molecule has 1 heterocycles. The van der Waals surface area contributed by atoms with Crippen LogP contribution in [0.4, 0.5) is 0 Å². The normalized spacial score (nSPS) is 17.7. The minimum Gasteiger partial charge on any atom is -0.291 e. The Kier molecular flexibility index (Phi) is 9.94. The van der Waals surface area contributed by atoms with Crippen molar-refractivity contribution < 1.29 is 18.2 Å². The maximum absolute atomic E-state index is 12.8. The Morgan fingerprint density at radius 2 is 1.68 bits per heavy atom. The Morgan fingerprint density at radius 3 is 2.19 bits per heavy atom. The third-order valence-corrected chi connectivity index (χ3v) is 6.17. The van der Waals surface area contributed by atoms with Gasteiger partial charge in [0.2, 0.25) is 7.59 Å². The number of phosphoric acid groups is 1. The highest BCUT2D eigenvalue weighted by Gasteiger charge is 2.37. The molecular formula is C17H13Cl6N2O4PS. The lowest BCUT2D eigenvalue weighted by atomic mass is 10.0. The Labute approximate surface area is 213 Å². The van der Waals surface area contributed by atoms with E-state index in [0.717, 1.165) is 22.9 Å². The van der Waals surface area contributed by atoms with Gasteiger partial charge in [-0.3, -0.25) is 13.7 Å². The smallest absolute Gasteiger partial charge is 0.291 e. The molecule has 0 fully saturated rings. The van der Waals surface area contributed by atoms with Crippen LogP contribution in [-0.4, -0.2) is 25.8 Å². The van der Waals surface area contributed by atoms with Crippen molar-refractivity contribution in [3.8, 4) is 6.07 Å². The largest absolute Gasteiger partial charge is 0.550 e. The van der Waals surface area contributed by atoms with Crippen LogP contribution >= 0.6 is 89.2 Å². The lowest BCUT2D eigenvalue weighted by Crippen LogP contribution is -2.16. The molecule has 1 aromatic carbocycles. The van der Waals surface area contributed by atoms with Crippen LogP contribution in [0.25, 0.3) is 5.57 Å². The van der Waals surface area contributed by atoms with E-state index in [1.54, 1.807) is 12.2 Å². The highest BCUT2D eigenvalue weighted by molar-refractivity contribution is 8.18. The van der Waals surface area contributed by atoms with Crippen molar-refractivity contribution in [2.75, 3.05) is 13.2 Å². The number of allylic oxidation sites excluding steroid dienone is 2. The molecule has 14 heteroatoms. The molecule has 2 rings (SSSR count). The molecule has 0 N–H and O–H groups in total. The van der Waals surface area contributed by atoms with Gasteiger partial charge in [0.25, 0.3) is 0 Å². The Hall–Kier alpha value is -0.100. The predicted octanol–water partition coefficient (Wildman–Crippen LogP) is 7.74. The maximum atomic E-state index is 12.8. The van der Waals surface area contributed by atoms with E-state index in [0.29, 0.717) is 10.5 Å². The fourth-order valence-electron chi connectivity index (χ4n) is 2.09. The monoisotopic (exact) mass is 582 g/mol. The average molecular weight is 585 g/mol. The standard InChI is InChI=1S/C17H13Cl6N2O4PS/c1-11-4-2-3-5-12(11)13(8-24)14-6-7-15(31-14)25-29-30(26,27-9-16(18,19)20)28-10-17(21,22)23/h2-7H,9-10H2,1H3. The minimum atomic E-state index is -4.40. The first kappa shape index (κ1) is 27.1. The number of hydrogen-bond donors (Lipinski definition) is 0. The summed E-state index contributed by atoms with van der Waals surface area (Å²) in [6, 6.07) is 9.64. The van der Waals surface area contributed by atoms with Crippen LogP contribution in [-0.2, 0) is 18.2 Å². The first-order valence-electron chi connectivity index (χ1n) is 8.17. The van der Waals surface area contributed by atoms with Crippen molar-refractivity contribution in [1.29, 1.82) is 5.26 Å². The summed E-state index contributed by atoms with van der Waals surface area (Å²) in [5, 5.41) is 13.6. The predicted molar refractivity (Wildman–Crippen MR) is 129 cm³/mol. The minimum absolute atomic E-state index is 0.270. The van der Waals surface area contributed by atoms with Crippen molar-refractivity contribution in [3.05, 3.63) is 52.4 Å². The maximum Gasteiger partial charge on any atom is 0.550 e. The van der Waals surface area contributed by atoms with Gasteiger partial charge in [-0.15, -0.1) is 0 Å². The lowest BCUT2D eigenvalue weighted by molar-refractivity contribution is 0.119. The highest BCUT2D eigenvalue weighted by atomic mass is 35.6. The second-order valence-corrected chi connectivity index (χ2v) is 13.5. The molecule has 0 aromatic heterocycles. The number of halogens is 6. The van der Waals surface area contributed by atoms with E-state index in [4.69, 9.17) is 83.3 Å². The van der Waals surface area contributed by atoms with E-state index in [2.05, 4.69) is 11.2 Å². The molecule has 0 radical (unpaired) electrons. The van der Waals surface area contributed by atoms with Crippen LogP contribution in [0.5, 0.6) is 0 Å². The number of oxime groups is 1. The zero-order valence-electron chi connectivity index (χ0n) is 15.5.